The molecule has 0 rings (SSSR count). The highest BCUT2D eigenvalue weighted by Gasteiger charge is 2.19. The second-order valence-electron chi connectivity index (χ2n) is 4.62. The number of alkyl halides is 1. The van der Waals surface area contributed by atoms with E-state index in [-0.39, 0.29) is 16.5 Å². The van der Waals surface area contributed by atoms with Gasteiger partial charge in [-0.1, -0.05) is 56.5 Å². The second kappa shape index (κ2) is 7.67. The minimum atomic E-state index is -3.11. The predicted octanol–water partition coefficient (Wildman–Crippen LogP) is 2.76. The maximum absolute atomic E-state index is 11.6. The molecule has 3 nitrogen and oxygen atoms in total. The number of sulfonamides is 1. The van der Waals surface area contributed by atoms with Crippen molar-refractivity contribution < 1.29 is 8.42 Å². The Kier molecular flexibility index (Phi) is 7.85. The van der Waals surface area contributed by atoms with Crippen LogP contribution in [-0.4, -0.2) is 25.5 Å². The van der Waals surface area contributed by atoms with Crippen LogP contribution >= 0.6 is 15.9 Å². The molecule has 0 fully saturated rings. The van der Waals surface area contributed by atoms with Gasteiger partial charge in [0.1, 0.15) is 0 Å². The molecule has 0 aliphatic heterocycles. The zero-order chi connectivity index (χ0) is 12.8. The Labute approximate surface area is 109 Å². The molecule has 0 heterocycles. The van der Waals surface area contributed by atoms with Crippen molar-refractivity contribution in [2.24, 2.45) is 11.8 Å². The highest BCUT2D eigenvalue weighted by atomic mass is 79.9. The summed E-state index contributed by atoms with van der Waals surface area (Å²) in [6.07, 6.45) is 2.14. The molecule has 1 unspecified atom stereocenters. The first kappa shape index (κ1) is 16.4. The van der Waals surface area contributed by atoms with Crippen LogP contribution in [0.2, 0.25) is 0 Å². The van der Waals surface area contributed by atoms with E-state index in [2.05, 4.69) is 34.5 Å². The molecule has 0 aliphatic rings. The van der Waals surface area contributed by atoms with Crippen LogP contribution in [0.3, 0.4) is 0 Å². The second-order valence-corrected chi connectivity index (χ2v) is 7.64. The van der Waals surface area contributed by atoms with E-state index in [1.165, 1.54) is 0 Å². The maximum Gasteiger partial charge on any atom is 0.211 e. The molecule has 0 aliphatic carbocycles. The quantitative estimate of drug-likeness (QED) is 0.700. The van der Waals surface area contributed by atoms with Crippen molar-refractivity contribution in [2.75, 3.05) is 12.3 Å². The first-order valence-electron chi connectivity index (χ1n) is 5.93. The van der Waals surface area contributed by atoms with Gasteiger partial charge in [-0.2, -0.15) is 0 Å². The molecular weight excluding hydrogens is 290 g/mol. The van der Waals surface area contributed by atoms with Crippen molar-refractivity contribution in [3.63, 3.8) is 0 Å². The fourth-order valence-corrected chi connectivity index (χ4v) is 4.22. The summed E-state index contributed by atoms with van der Waals surface area (Å²) in [6.45, 7) is 8.56. The zero-order valence-electron chi connectivity index (χ0n) is 10.7. The van der Waals surface area contributed by atoms with Crippen molar-refractivity contribution in [1.29, 1.82) is 0 Å². The Morgan fingerprint density at radius 1 is 1.19 bits per heavy atom. The lowest BCUT2D eigenvalue weighted by Gasteiger charge is -2.20. The smallest absolute Gasteiger partial charge is 0.211 e. The number of nitrogens with one attached hydrogen (secondary N) is 1. The molecule has 0 saturated carbocycles. The summed E-state index contributed by atoms with van der Waals surface area (Å²) >= 11 is 3.56. The molecule has 0 amide bonds. The van der Waals surface area contributed by atoms with Crippen LogP contribution in [-0.2, 0) is 10.0 Å². The fraction of sp³-hybridized carbons (Fsp3) is 1.00. The van der Waals surface area contributed by atoms with Gasteiger partial charge in [0.2, 0.25) is 10.0 Å². The van der Waals surface area contributed by atoms with Crippen molar-refractivity contribution in [2.45, 2.75) is 45.4 Å². The molecule has 16 heavy (non-hydrogen) atoms. The lowest BCUT2D eigenvalue weighted by atomic mass is 10.00. The molecule has 0 aromatic carbocycles. The van der Waals surface area contributed by atoms with Gasteiger partial charge in [0.15, 0.2) is 0 Å². The molecule has 0 aromatic heterocycles. The van der Waals surface area contributed by atoms with Gasteiger partial charge >= 0.3 is 0 Å². The van der Waals surface area contributed by atoms with Gasteiger partial charge in [0.25, 0.3) is 0 Å². The largest absolute Gasteiger partial charge is 0.214 e. The molecule has 5 heteroatoms. The molecule has 0 saturated heterocycles. The third-order valence-corrected chi connectivity index (χ3v) is 5.39. The molecule has 1 atom stereocenters. The number of halogens is 1. The summed E-state index contributed by atoms with van der Waals surface area (Å²) < 4.78 is 25.9. The average molecular weight is 314 g/mol. The first-order chi connectivity index (χ1) is 7.32. The van der Waals surface area contributed by atoms with Gasteiger partial charge in [-0.3, -0.25) is 0 Å². The monoisotopic (exact) mass is 313 g/mol. The fourth-order valence-electron chi connectivity index (χ4n) is 1.67. The SMILES string of the molecule is CCC(CC)C(Br)CNS(=O)(=O)CC(C)C. The van der Waals surface area contributed by atoms with Crippen LogP contribution in [0.1, 0.15) is 40.5 Å². The Morgan fingerprint density at radius 3 is 2.06 bits per heavy atom. The lowest BCUT2D eigenvalue weighted by molar-refractivity contribution is 0.470. The van der Waals surface area contributed by atoms with E-state index in [4.69, 9.17) is 0 Å². The molecule has 0 spiro atoms. The van der Waals surface area contributed by atoms with Gasteiger partial charge < -0.3 is 0 Å². The van der Waals surface area contributed by atoms with Gasteiger partial charge in [-0.15, -0.1) is 0 Å². The van der Waals surface area contributed by atoms with Crippen LogP contribution in [0.5, 0.6) is 0 Å². The summed E-state index contributed by atoms with van der Waals surface area (Å²) in [4.78, 5) is 0.226. The van der Waals surface area contributed by atoms with E-state index in [1.807, 2.05) is 13.8 Å². The topological polar surface area (TPSA) is 46.2 Å². The summed E-state index contributed by atoms with van der Waals surface area (Å²) in [5.41, 5.74) is 0. The highest BCUT2D eigenvalue weighted by molar-refractivity contribution is 9.09. The van der Waals surface area contributed by atoms with Crippen LogP contribution in [0.4, 0.5) is 0 Å². The van der Waals surface area contributed by atoms with E-state index in [1.54, 1.807) is 0 Å². The summed E-state index contributed by atoms with van der Waals surface area (Å²) in [5, 5.41) is 0. The molecule has 98 valence electrons. The van der Waals surface area contributed by atoms with Gasteiger partial charge in [-0.05, 0) is 11.8 Å². The predicted molar refractivity (Wildman–Crippen MR) is 73.4 cm³/mol. The van der Waals surface area contributed by atoms with Crippen LogP contribution in [0.15, 0.2) is 0 Å². The summed E-state index contributed by atoms with van der Waals surface area (Å²) in [7, 11) is -3.11. The van der Waals surface area contributed by atoms with E-state index in [9.17, 15) is 8.42 Å². The first-order valence-corrected chi connectivity index (χ1v) is 8.50. The van der Waals surface area contributed by atoms with Gasteiger partial charge in [0.05, 0.1) is 5.75 Å². The highest BCUT2D eigenvalue weighted by Crippen LogP contribution is 2.19. The summed E-state index contributed by atoms with van der Waals surface area (Å²) in [6, 6.07) is 0. The normalized spacial score (nSPS) is 14.7. The minimum Gasteiger partial charge on any atom is -0.214 e. The Morgan fingerprint density at radius 2 is 1.69 bits per heavy atom. The lowest BCUT2D eigenvalue weighted by Crippen LogP contribution is -2.35. The van der Waals surface area contributed by atoms with Crippen LogP contribution in [0.25, 0.3) is 0 Å². The number of rotatable bonds is 8. The van der Waals surface area contributed by atoms with Crippen molar-refractivity contribution >= 4 is 26.0 Å². The molecular formula is C11H24BrNO2S. The Hall–Kier alpha value is 0.390. The third-order valence-electron chi connectivity index (χ3n) is 2.61. The summed E-state index contributed by atoms with van der Waals surface area (Å²) in [5.74, 6) is 0.900. The van der Waals surface area contributed by atoms with E-state index >= 15 is 0 Å². The van der Waals surface area contributed by atoms with Crippen LogP contribution in [0, 0.1) is 11.8 Å². The third kappa shape index (κ3) is 6.86. The standard InChI is InChI=1S/C11H24BrNO2S/c1-5-10(6-2)11(12)7-13-16(14,15)8-9(3)4/h9-11,13H,5-8H2,1-4H3. The van der Waals surface area contributed by atoms with E-state index in [0.29, 0.717) is 12.5 Å². The zero-order valence-corrected chi connectivity index (χ0v) is 13.1. The van der Waals surface area contributed by atoms with Crippen LogP contribution < -0.4 is 4.72 Å². The molecule has 0 aromatic rings. The van der Waals surface area contributed by atoms with Crippen molar-refractivity contribution in [3.8, 4) is 0 Å². The van der Waals surface area contributed by atoms with E-state index < -0.39 is 10.0 Å². The average Bonchev–Trinajstić information content (AvgIpc) is 2.15. The molecule has 0 radical (unpaired) electrons. The number of hydrogen-bond acceptors (Lipinski definition) is 2. The van der Waals surface area contributed by atoms with Crippen molar-refractivity contribution in [1.82, 2.24) is 4.72 Å². The number of hydrogen-bond donors (Lipinski definition) is 1. The molecule has 0 bridgehead atoms. The molecule has 1 N–H and O–H groups in total. The van der Waals surface area contributed by atoms with E-state index in [0.717, 1.165) is 12.8 Å². The Balaban J connectivity index is 4.13. The Bertz CT molecular complexity index is 274. The van der Waals surface area contributed by atoms with Crippen molar-refractivity contribution in [3.05, 3.63) is 0 Å². The van der Waals surface area contributed by atoms with Gasteiger partial charge in [0, 0.05) is 11.4 Å². The maximum atomic E-state index is 11.6. The van der Waals surface area contributed by atoms with Gasteiger partial charge in [-0.25, -0.2) is 13.1 Å². The minimum absolute atomic E-state index is 0.166.